The number of nitrogens with one attached hydrogen (secondary N) is 2. The largest absolute Gasteiger partial charge is 0.490 e. The number of carboxylic acid groups (broad SMARTS) is 1. The van der Waals surface area contributed by atoms with E-state index in [4.69, 9.17) is 9.90 Å². The highest BCUT2D eigenvalue weighted by molar-refractivity contribution is 5.79. The molecule has 0 atom stereocenters. The van der Waals surface area contributed by atoms with Gasteiger partial charge in [-0.3, -0.25) is 4.79 Å². The molecule has 1 aromatic carbocycles. The summed E-state index contributed by atoms with van der Waals surface area (Å²) in [4.78, 5) is 20.4. The molecule has 1 amide bonds. The number of rotatable bonds is 4. The second kappa shape index (κ2) is 8.47. The summed E-state index contributed by atoms with van der Waals surface area (Å²) in [7, 11) is 0. The van der Waals surface area contributed by atoms with Crippen molar-refractivity contribution < 1.29 is 32.3 Å². The molecule has 0 bridgehead atoms. The zero-order valence-electron chi connectivity index (χ0n) is 12.0. The highest BCUT2D eigenvalue weighted by atomic mass is 19.4. The average molecular weight is 336 g/mol. The monoisotopic (exact) mass is 336 g/mol. The molecular weight excluding hydrogens is 320 g/mol. The number of halogens is 4. The number of hydrogen-bond acceptors (Lipinski definition) is 3. The van der Waals surface area contributed by atoms with Crippen molar-refractivity contribution in [1.29, 1.82) is 0 Å². The van der Waals surface area contributed by atoms with Crippen LogP contribution in [-0.2, 0) is 16.0 Å². The first-order valence-electron chi connectivity index (χ1n) is 6.73. The lowest BCUT2D eigenvalue weighted by atomic mass is 10.0. The molecule has 0 spiro atoms. The minimum Gasteiger partial charge on any atom is -0.475 e. The number of hydrogen-bond donors (Lipinski definition) is 3. The van der Waals surface area contributed by atoms with Crippen molar-refractivity contribution in [3.05, 3.63) is 35.6 Å². The van der Waals surface area contributed by atoms with Gasteiger partial charge in [-0.15, -0.1) is 0 Å². The van der Waals surface area contributed by atoms with Gasteiger partial charge in [0.25, 0.3) is 0 Å². The molecular formula is C14H16F4N2O3. The van der Waals surface area contributed by atoms with E-state index in [1.807, 2.05) is 0 Å². The molecule has 0 saturated carbocycles. The second-order valence-electron chi connectivity index (χ2n) is 4.83. The first-order chi connectivity index (χ1) is 10.7. The summed E-state index contributed by atoms with van der Waals surface area (Å²) in [5.74, 6) is -2.74. The molecule has 1 saturated heterocycles. The Morgan fingerprint density at radius 2 is 1.74 bits per heavy atom. The van der Waals surface area contributed by atoms with Crippen LogP contribution in [0.3, 0.4) is 0 Å². The molecule has 0 aliphatic carbocycles. The van der Waals surface area contributed by atoms with Crippen molar-refractivity contribution >= 4 is 11.9 Å². The van der Waals surface area contributed by atoms with Gasteiger partial charge < -0.3 is 15.7 Å². The van der Waals surface area contributed by atoms with Crippen LogP contribution in [0.5, 0.6) is 0 Å². The predicted molar refractivity (Wildman–Crippen MR) is 73.2 cm³/mol. The van der Waals surface area contributed by atoms with E-state index in [0.29, 0.717) is 6.54 Å². The molecule has 9 heteroatoms. The minimum atomic E-state index is -5.08. The number of benzene rings is 1. The van der Waals surface area contributed by atoms with Gasteiger partial charge in [-0.1, -0.05) is 12.1 Å². The third-order valence-electron chi connectivity index (χ3n) is 3.02. The van der Waals surface area contributed by atoms with Gasteiger partial charge in [0.05, 0.1) is 5.92 Å². The van der Waals surface area contributed by atoms with Crippen molar-refractivity contribution in [2.24, 2.45) is 5.92 Å². The van der Waals surface area contributed by atoms with Crippen molar-refractivity contribution in [2.75, 3.05) is 19.6 Å². The highest BCUT2D eigenvalue weighted by Crippen LogP contribution is 2.13. The topological polar surface area (TPSA) is 78.4 Å². The number of aliphatic carboxylic acids is 1. The fraction of sp³-hybridized carbons (Fsp3) is 0.429. The molecule has 1 aliphatic rings. The molecule has 3 N–H and O–H groups in total. The molecule has 0 radical (unpaired) electrons. The molecule has 23 heavy (non-hydrogen) atoms. The Labute approximate surface area is 129 Å². The normalized spacial score (nSPS) is 14.3. The number of amides is 1. The molecule has 2 rings (SSSR count). The van der Waals surface area contributed by atoms with E-state index in [0.717, 1.165) is 25.1 Å². The summed E-state index contributed by atoms with van der Waals surface area (Å²) in [6.45, 7) is 2.17. The van der Waals surface area contributed by atoms with Crippen molar-refractivity contribution in [3.8, 4) is 0 Å². The minimum absolute atomic E-state index is 0.112. The van der Waals surface area contributed by atoms with Crippen molar-refractivity contribution in [2.45, 2.75) is 12.6 Å². The quantitative estimate of drug-likeness (QED) is 0.725. The van der Waals surface area contributed by atoms with Crippen LogP contribution < -0.4 is 10.6 Å². The number of carboxylic acids is 1. The van der Waals surface area contributed by atoms with E-state index >= 15 is 0 Å². The maximum Gasteiger partial charge on any atom is 0.490 e. The molecule has 1 fully saturated rings. The Balaban J connectivity index is 0.000000322. The first kappa shape index (κ1) is 18.9. The smallest absolute Gasteiger partial charge is 0.475 e. The highest BCUT2D eigenvalue weighted by Gasteiger charge is 2.38. The molecule has 1 aromatic rings. The van der Waals surface area contributed by atoms with Crippen LogP contribution in [0.1, 0.15) is 5.56 Å². The second-order valence-corrected chi connectivity index (χ2v) is 4.83. The molecule has 128 valence electrons. The van der Waals surface area contributed by atoms with Gasteiger partial charge in [0.2, 0.25) is 5.91 Å². The lowest BCUT2D eigenvalue weighted by Gasteiger charge is -2.25. The average Bonchev–Trinajstić information content (AvgIpc) is 2.38. The van der Waals surface area contributed by atoms with Gasteiger partial charge in [-0.25, -0.2) is 9.18 Å². The van der Waals surface area contributed by atoms with Gasteiger partial charge in [-0.05, 0) is 24.1 Å². The summed E-state index contributed by atoms with van der Waals surface area (Å²) in [6, 6.07) is 6.36. The molecule has 0 aromatic heterocycles. The maximum absolute atomic E-state index is 12.6. The summed E-state index contributed by atoms with van der Waals surface area (Å²) >= 11 is 0. The zero-order chi connectivity index (χ0) is 17.5. The van der Waals surface area contributed by atoms with Crippen LogP contribution in [0.4, 0.5) is 17.6 Å². The van der Waals surface area contributed by atoms with Gasteiger partial charge >= 0.3 is 12.1 Å². The van der Waals surface area contributed by atoms with E-state index < -0.39 is 12.1 Å². The maximum atomic E-state index is 12.6. The van der Waals surface area contributed by atoms with E-state index in [9.17, 15) is 22.4 Å². The van der Waals surface area contributed by atoms with Gasteiger partial charge in [0, 0.05) is 19.6 Å². The van der Waals surface area contributed by atoms with Gasteiger partial charge in [0.1, 0.15) is 5.82 Å². The van der Waals surface area contributed by atoms with Crippen molar-refractivity contribution in [3.63, 3.8) is 0 Å². The standard InChI is InChI=1S/C12H15FN2O.C2HF3O2/c13-11-3-1-9(2-4-11)5-6-15-12(16)10-7-14-8-10;3-2(4,5)1(6)7/h1-4,10,14H,5-8H2,(H,15,16);(H,6,7). The van der Waals surface area contributed by atoms with E-state index in [1.165, 1.54) is 12.1 Å². The molecule has 1 heterocycles. The van der Waals surface area contributed by atoms with Crippen LogP contribution in [0.25, 0.3) is 0 Å². The Bertz CT molecular complexity index is 528. The summed E-state index contributed by atoms with van der Waals surface area (Å²) in [6.07, 6.45) is -4.34. The Hall–Kier alpha value is -2.16. The summed E-state index contributed by atoms with van der Waals surface area (Å²) in [5, 5.41) is 13.1. The fourth-order valence-corrected chi connectivity index (χ4v) is 1.60. The lowest BCUT2D eigenvalue weighted by molar-refractivity contribution is -0.192. The number of carbonyl (C=O) groups is 2. The zero-order valence-corrected chi connectivity index (χ0v) is 12.0. The Morgan fingerprint density at radius 1 is 1.22 bits per heavy atom. The van der Waals surface area contributed by atoms with Crippen LogP contribution in [0.2, 0.25) is 0 Å². The summed E-state index contributed by atoms with van der Waals surface area (Å²) < 4.78 is 44.4. The number of carbonyl (C=O) groups excluding carboxylic acids is 1. The third-order valence-corrected chi connectivity index (χ3v) is 3.02. The predicted octanol–water partition coefficient (Wildman–Crippen LogP) is 1.34. The van der Waals surface area contributed by atoms with E-state index in [2.05, 4.69) is 10.6 Å². The number of alkyl halides is 3. The first-order valence-corrected chi connectivity index (χ1v) is 6.73. The van der Waals surface area contributed by atoms with Crippen LogP contribution >= 0.6 is 0 Å². The SMILES string of the molecule is O=C(NCCc1ccc(F)cc1)C1CNC1.O=C(O)C(F)(F)F. The molecule has 0 unspecified atom stereocenters. The molecule has 1 aliphatic heterocycles. The third kappa shape index (κ3) is 7.09. The van der Waals surface area contributed by atoms with Gasteiger partial charge in [0.15, 0.2) is 0 Å². The fourth-order valence-electron chi connectivity index (χ4n) is 1.60. The van der Waals surface area contributed by atoms with Crippen molar-refractivity contribution in [1.82, 2.24) is 10.6 Å². The summed E-state index contributed by atoms with van der Waals surface area (Å²) in [5.41, 5.74) is 1.04. The lowest BCUT2D eigenvalue weighted by Crippen LogP contribution is -2.51. The van der Waals surface area contributed by atoms with E-state index in [1.54, 1.807) is 12.1 Å². The Morgan fingerprint density at radius 3 is 2.13 bits per heavy atom. The van der Waals surface area contributed by atoms with Crippen LogP contribution in [0, 0.1) is 11.7 Å². The van der Waals surface area contributed by atoms with Crippen LogP contribution in [-0.4, -0.2) is 42.8 Å². The van der Waals surface area contributed by atoms with Crippen LogP contribution in [0.15, 0.2) is 24.3 Å². The van der Waals surface area contributed by atoms with E-state index in [-0.39, 0.29) is 17.6 Å². The molecule has 5 nitrogen and oxygen atoms in total. The Kier molecular flexibility index (Phi) is 6.95. The van der Waals surface area contributed by atoms with Gasteiger partial charge in [-0.2, -0.15) is 13.2 Å².